The lowest BCUT2D eigenvalue weighted by atomic mass is 10.0. The molecule has 5 heteroatoms. The minimum absolute atomic E-state index is 0. The molecule has 152 valence electrons. The van der Waals surface area contributed by atoms with Crippen molar-refractivity contribution in [1.29, 1.82) is 0 Å². The van der Waals surface area contributed by atoms with E-state index < -0.39 is 0 Å². The predicted octanol–water partition coefficient (Wildman–Crippen LogP) is 5.52. The number of thiophene rings is 1. The Morgan fingerprint density at radius 3 is 2.24 bits per heavy atom. The Bertz CT molecular complexity index is 862. The first kappa shape index (κ1) is 21.6. The zero-order valence-corrected chi connectivity index (χ0v) is 18.1. The quantitative estimate of drug-likeness (QED) is 0.517. The zero-order valence-electron chi connectivity index (χ0n) is 16.4. The van der Waals surface area contributed by atoms with Crippen LogP contribution < -0.4 is 4.90 Å². The van der Waals surface area contributed by atoms with E-state index in [-0.39, 0.29) is 24.4 Å². The second-order valence-electron chi connectivity index (χ2n) is 7.33. The Kier molecular flexibility index (Phi) is 7.87. The third-order valence-electron chi connectivity index (χ3n) is 5.50. The number of halogens is 1. The molecule has 0 radical (unpaired) electrons. The Hall–Kier alpha value is -2.14. The summed E-state index contributed by atoms with van der Waals surface area (Å²) >= 11 is 1.58. The average molecular weight is 427 g/mol. The van der Waals surface area contributed by atoms with Crippen molar-refractivity contribution in [2.24, 2.45) is 0 Å². The predicted molar refractivity (Wildman–Crippen MR) is 124 cm³/mol. The van der Waals surface area contributed by atoms with Crippen molar-refractivity contribution >= 4 is 35.3 Å². The van der Waals surface area contributed by atoms with Gasteiger partial charge in [-0.25, -0.2) is 0 Å². The Labute approximate surface area is 183 Å². The van der Waals surface area contributed by atoms with Crippen LogP contribution in [0.15, 0.2) is 77.5 Å². The van der Waals surface area contributed by atoms with Gasteiger partial charge in [-0.15, -0.1) is 12.4 Å². The number of para-hydroxylation sites is 1. The molecule has 1 aliphatic heterocycles. The summed E-state index contributed by atoms with van der Waals surface area (Å²) in [5.41, 5.74) is 3.19. The molecule has 0 aliphatic carbocycles. The summed E-state index contributed by atoms with van der Waals surface area (Å²) in [6, 6.07) is 23.0. The molecular weight excluding hydrogens is 400 g/mol. The van der Waals surface area contributed by atoms with Gasteiger partial charge in [-0.2, -0.15) is 11.3 Å². The minimum atomic E-state index is 0. The fraction of sp³-hybridized carbons (Fsp3) is 0.292. The van der Waals surface area contributed by atoms with Gasteiger partial charge in [0.25, 0.3) is 5.91 Å². The van der Waals surface area contributed by atoms with Crippen LogP contribution >= 0.6 is 23.7 Å². The number of rotatable bonds is 6. The van der Waals surface area contributed by atoms with Crippen molar-refractivity contribution in [2.45, 2.75) is 25.3 Å². The van der Waals surface area contributed by atoms with Crippen molar-refractivity contribution in [3.8, 4) is 0 Å². The molecule has 2 heterocycles. The molecule has 0 atom stereocenters. The zero-order chi connectivity index (χ0) is 19.2. The number of hydrogen-bond donors (Lipinski definition) is 0. The molecule has 0 spiro atoms. The van der Waals surface area contributed by atoms with Gasteiger partial charge in [-0.1, -0.05) is 48.5 Å². The van der Waals surface area contributed by atoms with Crippen molar-refractivity contribution in [2.75, 3.05) is 24.5 Å². The van der Waals surface area contributed by atoms with Gasteiger partial charge in [-0.3, -0.25) is 4.79 Å². The normalized spacial score (nSPS) is 14.9. The van der Waals surface area contributed by atoms with E-state index in [4.69, 9.17) is 0 Å². The number of carbonyl (C=O) groups excluding carboxylic acids is 1. The van der Waals surface area contributed by atoms with E-state index in [9.17, 15) is 4.79 Å². The van der Waals surface area contributed by atoms with Gasteiger partial charge in [0.05, 0.1) is 5.56 Å². The van der Waals surface area contributed by atoms with E-state index in [1.807, 2.05) is 52.1 Å². The topological polar surface area (TPSA) is 23.6 Å². The maximum atomic E-state index is 13.2. The molecule has 0 bridgehead atoms. The highest BCUT2D eigenvalue weighted by Gasteiger charge is 2.29. The van der Waals surface area contributed by atoms with E-state index in [0.29, 0.717) is 0 Å². The summed E-state index contributed by atoms with van der Waals surface area (Å²) < 4.78 is 0. The molecule has 1 aromatic heterocycles. The monoisotopic (exact) mass is 426 g/mol. The van der Waals surface area contributed by atoms with Crippen LogP contribution in [0.2, 0.25) is 0 Å². The minimum Gasteiger partial charge on any atom is -0.305 e. The summed E-state index contributed by atoms with van der Waals surface area (Å²) in [7, 11) is 0. The molecule has 1 amide bonds. The molecule has 4 rings (SSSR count). The largest absolute Gasteiger partial charge is 0.305 e. The van der Waals surface area contributed by atoms with Gasteiger partial charge in [-0.05, 0) is 48.4 Å². The van der Waals surface area contributed by atoms with E-state index in [1.165, 1.54) is 5.56 Å². The van der Waals surface area contributed by atoms with Crippen LogP contribution in [0.1, 0.15) is 28.8 Å². The first-order valence-corrected chi connectivity index (χ1v) is 10.9. The summed E-state index contributed by atoms with van der Waals surface area (Å²) in [4.78, 5) is 17.8. The second-order valence-corrected chi connectivity index (χ2v) is 8.11. The van der Waals surface area contributed by atoms with E-state index in [0.717, 1.165) is 50.1 Å². The molecule has 1 aliphatic rings. The number of nitrogens with zero attached hydrogens (tertiary/aromatic N) is 2. The standard InChI is InChI=1S/C24H26N2OS.ClH/c27-24(21-14-18-28-19-21)26(22-9-5-2-6-10-22)23-12-16-25(17-13-23)15-11-20-7-3-1-4-8-20;/h1-10,14,18-19,23H,11-13,15-17H2;1H. The highest BCUT2D eigenvalue weighted by Crippen LogP contribution is 2.26. The summed E-state index contributed by atoms with van der Waals surface area (Å²) in [6.07, 6.45) is 3.11. The smallest absolute Gasteiger partial charge is 0.259 e. The lowest BCUT2D eigenvalue weighted by molar-refractivity contribution is 0.0961. The van der Waals surface area contributed by atoms with Crippen LogP contribution in [0.4, 0.5) is 5.69 Å². The van der Waals surface area contributed by atoms with Crippen LogP contribution in [0.5, 0.6) is 0 Å². The molecule has 3 aromatic rings. The van der Waals surface area contributed by atoms with Gasteiger partial charge in [0.15, 0.2) is 0 Å². The maximum absolute atomic E-state index is 13.2. The van der Waals surface area contributed by atoms with Gasteiger partial charge in [0.2, 0.25) is 0 Å². The molecular formula is C24H27ClN2OS. The van der Waals surface area contributed by atoms with Crippen molar-refractivity contribution < 1.29 is 4.79 Å². The number of anilines is 1. The number of carbonyl (C=O) groups is 1. The van der Waals surface area contributed by atoms with Crippen LogP contribution in [0, 0.1) is 0 Å². The Balaban J connectivity index is 0.00000240. The molecule has 0 unspecified atom stereocenters. The number of likely N-dealkylation sites (tertiary alicyclic amines) is 1. The second kappa shape index (κ2) is 10.6. The average Bonchev–Trinajstić information content (AvgIpc) is 3.30. The maximum Gasteiger partial charge on any atom is 0.259 e. The Morgan fingerprint density at radius 1 is 0.966 bits per heavy atom. The first-order valence-electron chi connectivity index (χ1n) is 9.98. The van der Waals surface area contributed by atoms with Crippen LogP contribution in [-0.4, -0.2) is 36.5 Å². The van der Waals surface area contributed by atoms with Gasteiger partial charge >= 0.3 is 0 Å². The van der Waals surface area contributed by atoms with Gasteiger partial charge in [0.1, 0.15) is 0 Å². The van der Waals surface area contributed by atoms with E-state index >= 15 is 0 Å². The SMILES string of the molecule is Cl.O=C(c1ccsc1)N(c1ccccc1)C1CCN(CCc2ccccc2)CC1. The van der Waals surface area contributed by atoms with Crippen molar-refractivity contribution in [3.05, 3.63) is 88.6 Å². The highest BCUT2D eigenvalue weighted by molar-refractivity contribution is 7.08. The summed E-state index contributed by atoms with van der Waals surface area (Å²) in [6.45, 7) is 3.16. The van der Waals surface area contributed by atoms with Crippen LogP contribution in [0.3, 0.4) is 0 Å². The highest BCUT2D eigenvalue weighted by atomic mass is 35.5. The first-order chi connectivity index (χ1) is 13.8. The lowest BCUT2D eigenvalue weighted by Crippen LogP contribution is -2.48. The summed E-state index contributed by atoms with van der Waals surface area (Å²) in [5.74, 6) is 0.121. The molecule has 3 nitrogen and oxygen atoms in total. The van der Waals surface area contributed by atoms with Crippen LogP contribution in [-0.2, 0) is 6.42 Å². The third kappa shape index (κ3) is 5.47. The van der Waals surface area contributed by atoms with Crippen molar-refractivity contribution in [3.63, 3.8) is 0 Å². The lowest BCUT2D eigenvalue weighted by Gasteiger charge is -2.38. The molecule has 1 fully saturated rings. The number of amides is 1. The molecule has 29 heavy (non-hydrogen) atoms. The Morgan fingerprint density at radius 2 is 1.62 bits per heavy atom. The fourth-order valence-corrected chi connectivity index (χ4v) is 4.57. The fourth-order valence-electron chi connectivity index (χ4n) is 3.94. The molecule has 2 aromatic carbocycles. The third-order valence-corrected chi connectivity index (χ3v) is 6.19. The number of piperidine rings is 1. The molecule has 0 saturated carbocycles. The summed E-state index contributed by atoms with van der Waals surface area (Å²) in [5, 5.41) is 3.93. The number of hydrogen-bond acceptors (Lipinski definition) is 3. The van der Waals surface area contributed by atoms with E-state index in [2.05, 4.69) is 35.2 Å². The van der Waals surface area contributed by atoms with Gasteiger partial charge < -0.3 is 9.80 Å². The molecule has 1 saturated heterocycles. The van der Waals surface area contributed by atoms with E-state index in [1.54, 1.807) is 11.3 Å². The number of benzene rings is 2. The molecule has 0 N–H and O–H groups in total. The van der Waals surface area contributed by atoms with Crippen molar-refractivity contribution in [1.82, 2.24) is 4.90 Å². The van der Waals surface area contributed by atoms with Gasteiger partial charge in [0, 0.05) is 36.7 Å². The van der Waals surface area contributed by atoms with Crippen LogP contribution in [0.25, 0.3) is 0 Å².